The first-order chi connectivity index (χ1) is 9.99. The fourth-order valence-corrected chi connectivity index (χ4v) is 2.93. The van der Waals surface area contributed by atoms with Crippen molar-refractivity contribution in [1.29, 1.82) is 0 Å². The van der Waals surface area contributed by atoms with E-state index in [1.54, 1.807) is 24.3 Å². The minimum absolute atomic E-state index is 0.102. The second kappa shape index (κ2) is 6.80. The van der Waals surface area contributed by atoms with Gasteiger partial charge in [0.2, 0.25) is 0 Å². The molecule has 0 bridgehead atoms. The van der Waals surface area contributed by atoms with Gasteiger partial charge in [0.05, 0.1) is 0 Å². The number of carbonyl (C=O) groups excluding carboxylic acids is 1. The first-order valence-corrected chi connectivity index (χ1v) is 7.41. The fraction of sp³-hybridized carbons (Fsp3) is 0.467. The van der Waals surface area contributed by atoms with Crippen LogP contribution in [0.4, 0.5) is 4.79 Å². The SMILES string of the molecule is CC1CCCC1NC(=O)N[C@@H](C(=O)O)c1ccccc1Cl. The number of hydrogen-bond donors (Lipinski definition) is 3. The van der Waals surface area contributed by atoms with E-state index in [0.717, 1.165) is 19.3 Å². The van der Waals surface area contributed by atoms with Crippen LogP contribution >= 0.6 is 11.6 Å². The summed E-state index contributed by atoms with van der Waals surface area (Å²) in [7, 11) is 0. The summed E-state index contributed by atoms with van der Waals surface area (Å²) in [6.07, 6.45) is 3.09. The summed E-state index contributed by atoms with van der Waals surface area (Å²) in [5.74, 6) is -0.725. The molecule has 0 aliphatic heterocycles. The number of amides is 2. The van der Waals surface area contributed by atoms with Crippen LogP contribution in [0.25, 0.3) is 0 Å². The van der Waals surface area contributed by atoms with E-state index in [4.69, 9.17) is 11.6 Å². The van der Waals surface area contributed by atoms with Gasteiger partial charge in [0, 0.05) is 16.6 Å². The molecule has 0 spiro atoms. The van der Waals surface area contributed by atoms with E-state index in [-0.39, 0.29) is 6.04 Å². The molecular formula is C15H19ClN2O3. The first-order valence-electron chi connectivity index (χ1n) is 7.03. The Balaban J connectivity index is 2.05. The van der Waals surface area contributed by atoms with Gasteiger partial charge in [-0.1, -0.05) is 43.1 Å². The van der Waals surface area contributed by atoms with E-state index in [0.29, 0.717) is 16.5 Å². The molecule has 2 amide bonds. The van der Waals surface area contributed by atoms with Gasteiger partial charge in [-0.3, -0.25) is 0 Å². The Morgan fingerprint density at radius 3 is 2.62 bits per heavy atom. The number of carboxylic acid groups (broad SMARTS) is 1. The maximum absolute atomic E-state index is 12.0. The fourth-order valence-electron chi connectivity index (χ4n) is 2.68. The molecule has 2 rings (SSSR count). The highest BCUT2D eigenvalue weighted by Gasteiger charge is 2.28. The summed E-state index contributed by atoms with van der Waals surface area (Å²) in [5.41, 5.74) is 0.376. The molecule has 1 aromatic rings. The predicted molar refractivity (Wildman–Crippen MR) is 80.3 cm³/mol. The maximum Gasteiger partial charge on any atom is 0.331 e. The Labute approximate surface area is 128 Å². The second-order valence-electron chi connectivity index (χ2n) is 5.43. The number of hydrogen-bond acceptors (Lipinski definition) is 2. The molecule has 0 saturated heterocycles. The van der Waals surface area contributed by atoms with Crippen LogP contribution in [-0.4, -0.2) is 23.1 Å². The zero-order valence-corrected chi connectivity index (χ0v) is 12.6. The predicted octanol–water partition coefficient (Wildman–Crippen LogP) is 2.95. The average molecular weight is 311 g/mol. The smallest absolute Gasteiger partial charge is 0.331 e. The van der Waals surface area contributed by atoms with Crippen LogP contribution in [0.3, 0.4) is 0 Å². The summed E-state index contributed by atoms with van der Waals surface area (Å²) in [4.78, 5) is 23.4. The minimum atomic E-state index is -1.16. The standard InChI is InChI=1S/C15H19ClN2O3/c1-9-5-4-8-12(9)17-15(21)18-13(14(19)20)10-6-2-3-7-11(10)16/h2-3,6-7,9,12-13H,4-5,8H2,1H3,(H,19,20)(H2,17,18,21)/t9?,12?,13-/m1/s1. The molecule has 0 aromatic heterocycles. The van der Waals surface area contributed by atoms with Crippen LogP contribution in [0.15, 0.2) is 24.3 Å². The van der Waals surface area contributed by atoms with Crippen LogP contribution in [0, 0.1) is 5.92 Å². The van der Waals surface area contributed by atoms with Gasteiger partial charge in [-0.2, -0.15) is 0 Å². The lowest BCUT2D eigenvalue weighted by molar-refractivity contribution is -0.139. The number of rotatable bonds is 4. The molecule has 1 fully saturated rings. The lowest BCUT2D eigenvalue weighted by Crippen LogP contribution is -2.46. The largest absolute Gasteiger partial charge is 0.479 e. The van der Waals surface area contributed by atoms with Crippen molar-refractivity contribution in [3.05, 3.63) is 34.9 Å². The van der Waals surface area contributed by atoms with E-state index in [1.165, 1.54) is 0 Å². The number of halogens is 1. The van der Waals surface area contributed by atoms with Crippen molar-refractivity contribution in [3.63, 3.8) is 0 Å². The van der Waals surface area contributed by atoms with Crippen molar-refractivity contribution in [2.24, 2.45) is 5.92 Å². The molecule has 21 heavy (non-hydrogen) atoms. The van der Waals surface area contributed by atoms with Gasteiger partial charge in [-0.15, -0.1) is 0 Å². The summed E-state index contributed by atoms with van der Waals surface area (Å²) >= 11 is 6.00. The molecule has 6 heteroatoms. The molecule has 1 aliphatic rings. The Bertz CT molecular complexity index is 535. The third-order valence-corrected chi connectivity index (χ3v) is 4.26. The molecular weight excluding hydrogens is 292 g/mol. The molecule has 1 aliphatic carbocycles. The van der Waals surface area contributed by atoms with Crippen LogP contribution in [-0.2, 0) is 4.79 Å². The number of nitrogens with one attached hydrogen (secondary N) is 2. The molecule has 0 heterocycles. The summed E-state index contributed by atoms with van der Waals surface area (Å²) in [5, 5.41) is 15.0. The quantitative estimate of drug-likeness (QED) is 0.800. The number of aliphatic carboxylic acids is 1. The number of carbonyl (C=O) groups is 2. The normalized spacial score (nSPS) is 22.6. The van der Waals surface area contributed by atoms with Gasteiger partial charge in [-0.25, -0.2) is 9.59 Å². The third-order valence-electron chi connectivity index (χ3n) is 3.92. The lowest BCUT2D eigenvalue weighted by atomic mass is 10.1. The molecule has 2 unspecified atom stereocenters. The van der Waals surface area contributed by atoms with Gasteiger partial charge in [0.1, 0.15) is 0 Å². The Morgan fingerprint density at radius 2 is 2.05 bits per heavy atom. The zero-order chi connectivity index (χ0) is 15.4. The van der Waals surface area contributed by atoms with E-state index in [1.807, 2.05) is 0 Å². The molecule has 3 N–H and O–H groups in total. The highest BCUT2D eigenvalue weighted by atomic mass is 35.5. The molecule has 1 saturated carbocycles. The van der Waals surface area contributed by atoms with Crippen molar-refractivity contribution in [2.45, 2.75) is 38.3 Å². The van der Waals surface area contributed by atoms with E-state index in [2.05, 4.69) is 17.6 Å². The highest BCUT2D eigenvalue weighted by molar-refractivity contribution is 6.31. The molecule has 5 nitrogen and oxygen atoms in total. The number of carboxylic acids is 1. The van der Waals surface area contributed by atoms with Crippen LogP contribution < -0.4 is 10.6 Å². The van der Waals surface area contributed by atoms with E-state index in [9.17, 15) is 14.7 Å². The maximum atomic E-state index is 12.0. The van der Waals surface area contributed by atoms with Gasteiger partial charge in [0.15, 0.2) is 6.04 Å². The number of urea groups is 1. The van der Waals surface area contributed by atoms with Crippen molar-refractivity contribution < 1.29 is 14.7 Å². The van der Waals surface area contributed by atoms with E-state index < -0.39 is 18.0 Å². The highest BCUT2D eigenvalue weighted by Crippen LogP contribution is 2.25. The van der Waals surface area contributed by atoms with Crippen molar-refractivity contribution in [1.82, 2.24) is 10.6 Å². The van der Waals surface area contributed by atoms with E-state index >= 15 is 0 Å². The zero-order valence-electron chi connectivity index (χ0n) is 11.8. The Kier molecular flexibility index (Phi) is 5.07. The summed E-state index contributed by atoms with van der Waals surface area (Å²) < 4.78 is 0. The van der Waals surface area contributed by atoms with Crippen LogP contribution in [0.1, 0.15) is 37.8 Å². The lowest BCUT2D eigenvalue weighted by Gasteiger charge is -2.21. The second-order valence-corrected chi connectivity index (χ2v) is 5.83. The topological polar surface area (TPSA) is 78.4 Å². The van der Waals surface area contributed by atoms with Crippen molar-refractivity contribution in [3.8, 4) is 0 Å². The Hall–Kier alpha value is -1.75. The minimum Gasteiger partial charge on any atom is -0.479 e. The van der Waals surface area contributed by atoms with Crippen molar-refractivity contribution >= 4 is 23.6 Å². The molecule has 0 radical (unpaired) electrons. The Morgan fingerprint density at radius 1 is 1.33 bits per heavy atom. The van der Waals surface area contributed by atoms with Gasteiger partial charge in [0.25, 0.3) is 0 Å². The summed E-state index contributed by atoms with van der Waals surface area (Å²) in [6.45, 7) is 2.08. The van der Waals surface area contributed by atoms with Crippen LogP contribution in [0.5, 0.6) is 0 Å². The van der Waals surface area contributed by atoms with Gasteiger partial charge >= 0.3 is 12.0 Å². The number of benzene rings is 1. The molecule has 3 atom stereocenters. The third kappa shape index (κ3) is 3.88. The summed E-state index contributed by atoms with van der Waals surface area (Å²) in [6, 6.07) is 5.08. The van der Waals surface area contributed by atoms with Gasteiger partial charge < -0.3 is 15.7 Å². The molecule has 1 aromatic carbocycles. The van der Waals surface area contributed by atoms with Gasteiger partial charge in [-0.05, 0) is 24.8 Å². The first kappa shape index (κ1) is 15.6. The van der Waals surface area contributed by atoms with Crippen LogP contribution in [0.2, 0.25) is 5.02 Å². The average Bonchev–Trinajstić information content (AvgIpc) is 2.82. The monoisotopic (exact) mass is 310 g/mol. The molecule has 114 valence electrons. The van der Waals surface area contributed by atoms with Crippen molar-refractivity contribution in [2.75, 3.05) is 0 Å².